The number of carbonyl (C=O) groups is 4. The number of methoxy groups -OCH3 is 1. The van der Waals surface area contributed by atoms with Crippen molar-refractivity contribution in [3.63, 3.8) is 0 Å². The van der Waals surface area contributed by atoms with Gasteiger partial charge >= 0.3 is 17.8 Å². The van der Waals surface area contributed by atoms with Crippen molar-refractivity contribution in [3.8, 4) is 11.5 Å². The van der Waals surface area contributed by atoms with Crippen LogP contribution in [-0.2, 0) is 9.59 Å². The van der Waals surface area contributed by atoms with Gasteiger partial charge in [-0.25, -0.2) is 10.2 Å². The van der Waals surface area contributed by atoms with Crippen molar-refractivity contribution >= 4 is 90.2 Å². The molecule has 1 aromatic heterocycles. The molecule has 1 heterocycles. The maximum atomic E-state index is 12.9. The van der Waals surface area contributed by atoms with Gasteiger partial charge in [0.15, 0.2) is 11.5 Å². The molecule has 0 spiro atoms. The number of anilines is 2. The Hall–Kier alpha value is -5.04. The number of carbonyl (C=O) groups excluding carboxylic acids is 4. The summed E-state index contributed by atoms with van der Waals surface area (Å²) in [6, 6.07) is 25.2. The number of hydrazone groups is 1. The summed E-state index contributed by atoms with van der Waals surface area (Å²) >= 11 is 11.0. The van der Waals surface area contributed by atoms with Crippen LogP contribution in [0.2, 0.25) is 5.02 Å². The molecular formula is C32H22BrClN4O6S. The SMILES string of the molecule is COc1cc(/C=N/NC(=O)C(=O)Nc2ccccc2C(=O)Nc2ccc(Br)cc2)ccc1OC(=O)c1sc2ccccc2c1Cl. The summed E-state index contributed by atoms with van der Waals surface area (Å²) in [4.78, 5) is 50.9. The van der Waals surface area contributed by atoms with E-state index in [1.54, 1.807) is 42.5 Å². The minimum atomic E-state index is -1.06. The third kappa shape index (κ3) is 7.55. The van der Waals surface area contributed by atoms with Crippen molar-refractivity contribution in [2.45, 2.75) is 0 Å². The largest absolute Gasteiger partial charge is 0.493 e. The van der Waals surface area contributed by atoms with Gasteiger partial charge in [-0.15, -0.1) is 11.3 Å². The maximum absolute atomic E-state index is 12.9. The van der Waals surface area contributed by atoms with Crippen molar-refractivity contribution in [1.29, 1.82) is 0 Å². The molecule has 0 aliphatic carbocycles. The first kappa shape index (κ1) is 31.4. The van der Waals surface area contributed by atoms with Crippen LogP contribution in [0.5, 0.6) is 11.5 Å². The lowest BCUT2D eigenvalue weighted by Gasteiger charge is -2.11. The van der Waals surface area contributed by atoms with E-state index < -0.39 is 23.7 Å². The molecule has 5 aromatic rings. The monoisotopic (exact) mass is 704 g/mol. The summed E-state index contributed by atoms with van der Waals surface area (Å²) < 4.78 is 12.6. The summed E-state index contributed by atoms with van der Waals surface area (Å²) in [5.74, 6) is -2.82. The third-order valence-corrected chi connectivity index (χ3v) is 8.40. The smallest absolute Gasteiger partial charge is 0.355 e. The Bertz CT molecular complexity index is 1960. The van der Waals surface area contributed by atoms with Crippen molar-refractivity contribution in [3.05, 3.63) is 116 Å². The second-order valence-electron chi connectivity index (χ2n) is 9.20. The number of fused-ring (bicyclic) bond motifs is 1. The van der Waals surface area contributed by atoms with E-state index in [1.165, 1.54) is 48.9 Å². The van der Waals surface area contributed by atoms with Crippen LogP contribution in [0.1, 0.15) is 25.6 Å². The van der Waals surface area contributed by atoms with Gasteiger partial charge in [-0.2, -0.15) is 5.10 Å². The lowest BCUT2D eigenvalue weighted by Crippen LogP contribution is -2.33. The fourth-order valence-corrected chi connectivity index (χ4v) is 5.71. The van der Waals surface area contributed by atoms with Gasteiger partial charge < -0.3 is 20.1 Å². The maximum Gasteiger partial charge on any atom is 0.355 e. The summed E-state index contributed by atoms with van der Waals surface area (Å²) in [7, 11) is 1.41. The molecule has 0 aliphatic rings. The Morgan fingerprint density at radius 3 is 2.36 bits per heavy atom. The van der Waals surface area contributed by atoms with Crippen molar-refractivity contribution in [2.75, 3.05) is 17.7 Å². The standard InChI is InChI=1S/C32H22BrClN4O6S/c1-43-25-16-18(10-15-24(25)44-32(42)28-27(34)22-7-3-5-9-26(22)45-28)17-35-38-31(41)30(40)37-23-8-4-2-6-21(23)29(39)36-20-13-11-19(33)12-14-20/h2-17H,1H3,(H,36,39)(H,37,40)(H,38,41)/b35-17+. The Morgan fingerprint density at radius 2 is 1.60 bits per heavy atom. The molecule has 3 N–H and O–H groups in total. The number of ether oxygens (including phenoxy) is 2. The van der Waals surface area contributed by atoms with E-state index in [1.807, 2.05) is 24.3 Å². The van der Waals surface area contributed by atoms with Gasteiger partial charge in [-0.05, 0) is 66.2 Å². The number of amides is 3. The van der Waals surface area contributed by atoms with Crippen LogP contribution in [0, 0.1) is 0 Å². The zero-order valence-corrected chi connectivity index (χ0v) is 26.5. The Labute approximate surface area is 274 Å². The summed E-state index contributed by atoms with van der Waals surface area (Å²) in [6.45, 7) is 0. The number of para-hydroxylation sites is 1. The molecule has 0 saturated carbocycles. The highest BCUT2D eigenvalue weighted by Gasteiger charge is 2.21. The molecule has 226 valence electrons. The first-order chi connectivity index (χ1) is 21.7. The Morgan fingerprint density at radius 1 is 0.867 bits per heavy atom. The molecule has 13 heteroatoms. The van der Waals surface area contributed by atoms with Crippen LogP contribution in [0.15, 0.2) is 101 Å². The molecule has 0 atom stereocenters. The zero-order valence-electron chi connectivity index (χ0n) is 23.3. The number of thiophene rings is 1. The third-order valence-electron chi connectivity index (χ3n) is 6.22. The molecule has 0 radical (unpaired) electrons. The van der Waals surface area contributed by atoms with E-state index in [-0.39, 0.29) is 27.6 Å². The molecule has 0 fully saturated rings. The summed E-state index contributed by atoms with van der Waals surface area (Å²) in [5, 5.41) is 10.1. The molecule has 0 saturated heterocycles. The van der Waals surface area contributed by atoms with E-state index in [0.29, 0.717) is 16.3 Å². The van der Waals surface area contributed by atoms with E-state index in [0.717, 1.165) is 14.6 Å². The van der Waals surface area contributed by atoms with Gasteiger partial charge in [-0.1, -0.05) is 57.9 Å². The fraction of sp³-hybridized carbons (Fsp3) is 0.0312. The van der Waals surface area contributed by atoms with Crippen LogP contribution in [0.3, 0.4) is 0 Å². The first-order valence-corrected chi connectivity index (χ1v) is 15.1. The number of halogens is 2. The van der Waals surface area contributed by atoms with Crippen LogP contribution >= 0.6 is 38.9 Å². The number of nitrogens with one attached hydrogen (secondary N) is 3. The van der Waals surface area contributed by atoms with Crippen LogP contribution in [0.25, 0.3) is 10.1 Å². The average molecular weight is 706 g/mol. The molecule has 5 rings (SSSR count). The van der Waals surface area contributed by atoms with Gasteiger partial charge in [0, 0.05) is 20.2 Å². The topological polar surface area (TPSA) is 135 Å². The number of nitrogens with zero attached hydrogens (tertiary/aromatic N) is 1. The van der Waals surface area contributed by atoms with Gasteiger partial charge in [0.1, 0.15) is 4.88 Å². The average Bonchev–Trinajstić information content (AvgIpc) is 3.39. The molecule has 4 aromatic carbocycles. The summed E-state index contributed by atoms with van der Waals surface area (Å²) in [6.07, 6.45) is 1.28. The Balaban J connectivity index is 1.20. The van der Waals surface area contributed by atoms with E-state index >= 15 is 0 Å². The van der Waals surface area contributed by atoms with Gasteiger partial charge in [0.2, 0.25) is 0 Å². The molecule has 0 unspecified atom stereocenters. The minimum Gasteiger partial charge on any atom is -0.493 e. The highest BCUT2D eigenvalue weighted by Crippen LogP contribution is 2.37. The summed E-state index contributed by atoms with van der Waals surface area (Å²) in [5.41, 5.74) is 3.47. The van der Waals surface area contributed by atoms with E-state index in [9.17, 15) is 19.2 Å². The fourth-order valence-electron chi connectivity index (χ4n) is 4.06. The first-order valence-electron chi connectivity index (χ1n) is 13.1. The quantitative estimate of drug-likeness (QED) is 0.0530. The molecule has 45 heavy (non-hydrogen) atoms. The highest BCUT2D eigenvalue weighted by atomic mass is 79.9. The van der Waals surface area contributed by atoms with Crippen molar-refractivity contribution < 1.29 is 28.7 Å². The van der Waals surface area contributed by atoms with Crippen LogP contribution in [0.4, 0.5) is 11.4 Å². The predicted octanol–water partition coefficient (Wildman–Crippen LogP) is 6.89. The van der Waals surface area contributed by atoms with E-state index in [2.05, 4.69) is 37.1 Å². The van der Waals surface area contributed by atoms with Crippen molar-refractivity contribution in [1.82, 2.24) is 5.43 Å². The number of rotatable bonds is 8. The molecule has 10 nitrogen and oxygen atoms in total. The lowest BCUT2D eigenvalue weighted by atomic mass is 10.1. The van der Waals surface area contributed by atoms with Gasteiger partial charge in [0.25, 0.3) is 5.91 Å². The number of esters is 1. The molecule has 0 aliphatic heterocycles. The highest BCUT2D eigenvalue weighted by molar-refractivity contribution is 9.10. The Kier molecular flexibility index (Phi) is 9.88. The molecular weight excluding hydrogens is 684 g/mol. The van der Waals surface area contributed by atoms with Gasteiger partial charge in [-0.3, -0.25) is 14.4 Å². The number of benzene rings is 4. The number of hydrogen-bond acceptors (Lipinski definition) is 8. The zero-order chi connectivity index (χ0) is 31.9. The minimum absolute atomic E-state index is 0.142. The lowest BCUT2D eigenvalue weighted by molar-refractivity contribution is -0.136. The second-order valence-corrected chi connectivity index (χ2v) is 11.5. The van der Waals surface area contributed by atoms with Crippen LogP contribution < -0.4 is 25.5 Å². The van der Waals surface area contributed by atoms with Crippen molar-refractivity contribution in [2.24, 2.45) is 5.10 Å². The molecule has 3 amide bonds. The predicted molar refractivity (Wildman–Crippen MR) is 178 cm³/mol. The number of hydrogen-bond donors (Lipinski definition) is 3. The van der Waals surface area contributed by atoms with Gasteiger partial charge in [0.05, 0.1) is 29.6 Å². The van der Waals surface area contributed by atoms with Crippen LogP contribution in [-0.4, -0.2) is 37.0 Å². The second kappa shape index (κ2) is 14.2. The molecule has 0 bridgehead atoms. The normalized spacial score (nSPS) is 10.8. The van der Waals surface area contributed by atoms with E-state index in [4.69, 9.17) is 21.1 Å².